The number of aromatic carboxylic acids is 2. The van der Waals surface area contributed by atoms with Crippen LogP contribution in [-0.2, 0) is 0 Å². The van der Waals surface area contributed by atoms with Gasteiger partial charge in [0.05, 0.1) is 18.0 Å². The van der Waals surface area contributed by atoms with Gasteiger partial charge in [0.2, 0.25) is 0 Å². The molecule has 2 atom stereocenters. The molecule has 0 unspecified atom stereocenters. The second-order valence-corrected chi connectivity index (χ2v) is 8.16. The molecule has 0 saturated heterocycles. The Labute approximate surface area is 164 Å². The van der Waals surface area contributed by atoms with Crippen molar-refractivity contribution in [2.75, 3.05) is 10.6 Å². The second kappa shape index (κ2) is 7.19. The van der Waals surface area contributed by atoms with E-state index < -0.39 is 11.9 Å². The van der Waals surface area contributed by atoms with Gasteiger partial charge in [-0.1, -0.05) is 64.1 Å². The normalized spacial score (nSPS) is 20.2. The maximum Gasteiger partial charge on any atom is 0.0736 e. The first-order chi connectivity index (χ1) is 13.1. The van der Waals surface area contributed by atoms with Crippen LogP contribution >= 0.6 is 0 Å². The van der Waals surface area contributed by atoms with Crippen LogP contribution in [0.25, 0.3) is 0 Å². The Hall–Kier alpha value is -3.02. The van der Waals surface area contributed by atoms with Crippen molar-refractivity contribution in [2.45, 2.75) is 39.8 Å². The number of carbonyl (C=O) groups excluding carboxylic acids is 2. The molecular formula is C22H24N2O4-2. The van der Waals surface area contributed by atoms with Crippen molar-refractivity contribution in [3.63, 3.8) is 0 Å². The minimum atomic E-state index is -1.26. The third-order valence-corrected chi connectivity index (χ3v) is 5.59. The Morgan fingerprint density at radius 2 is 1.61 bits per heavy atom. The van der Waals surface area contributed by atoms with E-state index in [4.69, 9.17) is 0 Å². The molecule has 0 fully saturated rings. The minimum Gasteiger partial charge on any atom is -0.545 e. The van der Waals surface area contributed by atoms with Crippen LogP contribution in [0.1, 0.15) is 60.0 Å². The molecule has 2 aromatic carbocycles. The SMILES string of the molecule is CC(C)[C@@H]1Nc2c(C(=O)[O-])cccc2[C@H](Nc2ccccc2C(=O)[O-])C1(C)C. The molecule has 0 amide bonds. The van der Waals surface area contributed by atoms with E-state index in [2.05, 4.69) is 38.3 Å². The highest BCUT2D eigenvalue weighted by molar-refractivity contribution is 5.95. The summed E-state index contributed by atoms with van der Waals surface area (Å²) in [6, 6.07) is 11.3. The fraction of sp³-hybridized carbons (Fsp3) is 0.364. The van der Waals surface area contributed by atoms with Crippen LogP contribution in [0.3, 0.4) is 0 Å². The molecule has 0 radical (unpaired) electrons. The summed E-state index contributed by atoms with van der Waals surface area (Å²) in [6.07, 6.45) is 0. The average Bonchev–Trinajstić information content (AvgIpc) is 2.62. The smallest absolute Gasteiger partial charge is 0.0736 e. The van der Waals surface area contributed by atoms with Crippen molar-refractivity contribution in [3.05, 3.63) is 59.2 Å². The first kappa shape index (κ1) is 19.7. The number of hydrogen-bond acceptors (Lipinski definition) is 6. The molecule has 28 heavy (non-hydrogen) atoms. The molecule has 6 heteroatoms. The van der Waals surface area contributed by atoms with Gasteiger partial charge in [-0.3, -0.25) is 0 Å². The van der Waals surface area contributed by atoms with E-state index in [0.717, 1.165) is 5.56 Å². The Balaban J connectivity index is 2.17. The monoisotopic (exact) mass is 380 g/mol. The molecule has 1 aliphatic rings. The van der Waals surface area contributed by atoms with E-state index in [0.29, 0.717) is 11.4 Å². The minimum absolute atomic E-state index is 0.0480. The van der Waals surface area contributed by atoms with Gasteiger partial charge in [-0.15, -0.1) is 0 Å². The van der Waals surface area contributed by atoms with Gasteiger partial charge in [0.1, 0.15) is 0 Å². The highest BCUT2D eigenvalue weighted by Gasteiger charge is 2.45. The lowest BCUT2D eigenvalue weighted by atomic mass is 9.67. The average molecular weight is 380 g/mol. The fourth-order valence-corrected chi connectivity index (χ4v) is 4.30. The highest BCUT2D eigenvalue weighted by Crippen LogP contribution is 2.49. The summed E-state index contributed by atoms with van der Waals surface area (Å²) in [4.78, 5) is 23.2. The number of para-hydroxylation sites is 2. The van der Waals surface area contributed by atoms with Crippen molar-refractivity contribution in [2.24, 2.45) is 11.3 Å². The lowest BCUT2D eigenvalue weighted by molar-refractivity contribution is -0.256. The van der Waals surface area contributed by atoms with Gasteiger partial charge in [0, 0.05) is 34.0 Å². The van der Waals surface area contributed by atoms with Crippen molar-refractivity contribution >= 4 is 23.3 Å². The molecule has 0 aromatic heterocycles. The van der Waals surface area contributed by atoms with Crippen LogP contribution in [0.5, 0.6) is 0 Å². The topological polar surface area (TPSA) is 104 Å². The van der Waals surface area contributed by atoms with Crippen molar-refractivity contribution < 1.29 is 19.8 Å². The molecule has 0 bridgehead atoms. The molecule has 1 heterocycles. The van der Waals surface area contributed by atoms with Crippen LogP contribution in [0.4, 0.5) is 11.4 Å². The van der Waals surface area contributed by atoms with Gasteiger partial charge in [-0.05, 0) is 17.5 Å². The van der Waals surface area contributed by atoms with Crippen LogP contribution in [-0.4, -0.2) is 18.0 Å². The molecular weight excluding hydrogens is 356 g/mol. The molecule has 3 rings (SSSR count). The first-order valence-electron chi connectivity index (χ1n) is 9.32. The molecule has 2 aromatic rings. The maximum absolute atomic E-state index is 11.7. The van der Waals surface area contributed by atoms with Crippen LogP contribution in [0.2, 0.25) is 0 Å². The standard InChI is InChI=1S/C22H26N2O4/c1-12(2)18-22(3,4)19(23-16-11-6-5-8-13(16)20(25)26)14-9-7-10-15(21(27)28)17(14)24-18/h5-12,18-19,23-24H,1-4H3,(H,25,26)(H,27,28)/p-2/t18-,19-/m0/s1. The van der Waals surface area contributed by atoms with Gasteiger partial charge in [-0.2, -0.15) is 0 Å². The van der Waals surface area contributed by atoms with Crippen molar-refractivity contribution in [1.82, 2.24) is 0 Å². The highest BCUT2D eigenvalue weighted by atomic mass is 16.4. The summed E-state index contributed by atoms with van der Waals surface area (Å²) in [5.41, 5.74) is 1.52. The molecule has 2 N–H and O–H groups in total. The summed E-state index contributed by atoms with van der Waals surface area (Å²) in [6.45, 7) is 8.30. The summed E-state index contributed by atoms with van der Waals surface area (Å²) in [7, 11) is 0. The number of nitrogens with one attached hydrogen (secondary N) is 2. The van der Waals surface area contributed by atoms with E-state index in [1.54, 1.807) is 24.3 Å². The Bertz CT molecular complexity index is 921. The molecule has 0 saturated carbocycles. The van der Waals surface area contributed by atoms with E-state index in [1.165, 1.54) is 12.1 Å². The number of anilines is 2. The van der Waals surface area contributed by atoms with Crippen molar-refractivity contribution in [1.29, 1.82) is 0 Å². The number of hydrogen-bond donors (Lipinski definition) is 2. The van der Waals surface area contributed by atoms with E-state index in [9.17, 15) is 19.8 Å². The number of rotatable bonds is 5. The summed E-state index contributed by atoms with van der Waals surface area (Å²) < 4.78 is 0. The number of carboxylic acid groups (broad SMARTS) is 2. The lowest BCUT2D eigenvalue weighted by Crippen LogP contribution is -2.50. The second-order valence-electron chi connectivity index (χ2n) is 8.16. The van der Waals surface area contributed by atoms with Gasteiger partial charge >= 0.3 is 0 Å². The summed E-state index contributed by atoms with van der Waals surface area (Å²) in [5, 5.41) is 30.0. The van der Waals surface area contributed by atoms with Gasteiger partial charge in [0.15, 0.2) is 0 Å². The summed E-state index contributed by atoms with van der Waals surface area (Å²) >= 11 is 0. The lowest BCUT2D eigenvalue weighted by Gasteiger charge is -2.50. The molecule has 1 aliphatic heterocycles. The Morgan fingerprint density at radius 3 is 2.21 bits per heavy atom. The molecule has 0 aliphatic carbocycles. The number of fused-ring (bicyclic) bond motifs is 1. The molecule has 148 valence electrons. The number of carbonyl (C=O) groups is 2. The Morgan fingerprint density at radius 1 is 1.00 bits per heavy atom. The van der Waals surface area contributed by atoms with Crippen LogP contribution < -0.4 is 20.8 Å². The van der Waals surface area contributed by atoms with Gasteiger partial charge in [-0.25, -0.2) is 0 Å². The number of carboxylic acids is 2. The van der Waals surface area contributed by atoms with E-state index in [1.807, 2.05) is 6.07 Å². The largest absolute Gasteiger partial charge is 0.545 e. The zero-order valence-corrected chi connectivity index (χ0v) is 16.4. The quantitative estimate of drug-likeness (QED) is 0.823. The van der Waals surface area contributed by atoms with Crippen molar-refractivity contribution in [3.8, 4) is 0 Å². The van der Waals surface area contributed by atoms with Crippen LogP contribution in [0.15, 0.2) is 42.5 Å². The third kappa shape index (κ3) is 3.30. The van der Waals surface area contributed by atoms with Crippen LogP contribution in [0, 0.1) is 11.3 Å². The fourth-order valence-electron chi connectivity index (χ4n) is 4.30. The first-order valence-corrected chi connectivity index (χ1v) is 9.32. The molecule has 0 spiro atoms. The third-order valence-electron chi connectivity index (χ3n) is 5.59. The predicted molar refractivity (Wildman–Crippen MR) is 104 cm³/mol. The zero-order valence-electron chi connectivity index (χ0n) is 16.4. The predicted octanol–water partition coefficient (Wildman–Crippen LogP) is 2.04. The Kier molecular flexibility index (Phi) is 5.06. The van der Waals surface area contributed by atoms with E-state index in [-0.39, 0.29) is 34.5 Å². The van der Waals surface area contributed by atoms with E-state index >= 15 is 0 Å². The number of benzene rings is 2. The molecule has 6 nitrogen and oxygen atoms in total. The van der Waals surface area contributed by atoms with Gasteiger partial charge in [0.25, 0.3) is 0 Å². The maximum atomic E-state index is 11.7. The summed E-state index contributed by atoms with van der Waals surface area (Å²) in [5.74, 6) is -2.31. The van der Waals surface area contributed by atoms with Gasteiger partial charge < -0.3 is 30.4 Å². The zero-order chi connectivity index (χ0) is 20.6.